The molecule has 1 amide bonds. The molecule has 0 fully saturated rings. The van der Waals surface area contributed by atoms with Crippen molar-refractivity contribution in [3.05, 3.63) is 64.5 Å². The minimum absolute atomic E-state index is 0.0969. The zero-order valence-electron chi connectivity index (χ0n) is 15.0. The number of nitrogens with one attached hydrogen (secondary N) is 2. The SMILES string of the molecule is Cc1ccc(Cl)cc1Nc1cncc(C(=O)NCCC2=CCCCC2)c1. The minimum Gasteiger partial charge on any atom is -0.354 e. The summed E-state index contributed by atoms with van der Waals surface area (Å²) < 4.78 is 0. The Hall–Kier alpha value is -2.33. The van der Waals surface area contributed by atoms with Crippen LogP contribution in [0.1, 0.15) is 48.0 Å². The molecule has 5 heteroatoms. The molecule has 26 heavy (non-hydrogen) atoms. The van der Waals surface area contributed by atoms with Gasteiger partial charge in [-0.2, -0.15) is 0 Å². The standard InChI is InChI=1S/C21H24ClN3O/c1-15-7-8-18(22)12-20(15)25-19-11-17(13-23-14-19)21(26)24-10-9-16-5-3-2-4-6-16/h5,7-8,11-14,25H,2-4,6,9-10H2,1H3,(H,24,26). The molecule has 1 heterocycles. The van der Waals surface area contributed by atoms with Crippen LogP contribution in [0, 0.1) is 6.92 Å². The number of pyridine rings is 1. The summed E-state index contributed by atoms with van der Waals surface area (Å²) in [6.45, 7) is 2.67. The summed E-state index contributed by atoms with van der Waals surface area (Å²) in [7, 11) is 0. The van der Waals surface area contributed by atoms with Gasteiger partial charge in [0, 0.05) is 23.5 Å². The van der Waals surface area contributed by atoms with Crippen LogP contribution >= 0.6 is 11.6 Å². The highest BCUT2D eigenvalue weighted by Crippen LogP contribution is 2.24. The number of rotatable bonds is 6. The fourth-order valence-electron chi connectivity index (χ4n) is 3.09. The van der Waals surface area contributed by atoms with Crippen LogP contribution in [0.3, 0.4) is 0 Å². The van der Waals surface area contributed by atoms with Gasteiger partial charge in [-0.15, -0.1) is 0 Å². The van der Waals surface area contributed by atoms with E-state index in [2.05, 4.69) is 21.7 Å². The first-order valence-electron chi connectivity index (χ1n) is 9.06. The first-order chi connectivity index (χ1) is 12.6. The zero-order chi connectivity index (χ0) is 18.4. The molecular weight excluding hydrogens is 346 g/mol. The molecule has 2 N–H and O–H groups in total. The molecule has 0 saturated carbocycles. The van der Waals surface area contributed by atoms with Gasteiger partial charge >= 0.3 is 0 Å². The van der Waals surface area contributed by atoms with Crippen LogP contribution < -0.4 is 10.6 Å². The van der Waals surface area contributed by atoms with Crippen LogP contribution in [-0.2, 0) is 0 Å². The highest BCUT2D eigenvalue weighted by molar-refractivity contribution is 6.30. The largest absolute Gasteiger partial charge is 0.354 e. The molecule has 0 radical (unpaired) electrons. The molecule has 136 valence electrons. The van der Waals surface area contributed by atoms with Crippen molar-refractivity contribution < 1.29 is 4.79 Å². The van der Waals surface area contributed by atoms with E-state index in [1.54, 1.807) is 12.4 Å². The van der Waals surface area contributed by atoms with E-state index in [0.717, 1.165) is 29.8 Å². The molecule has 1 aliphatic carbocycles. The third-order valence-corrected chi connectivity index (χ3v) is 4.83. The Labute approximate surface area is 159 Å². The summed E-state index contributed by atoms with van der Waals surface area (Å²) in [5, 5.41) is 6.93. The van der Waals surface area contributed by atoms with E-state index in [4.69, 9.17) is 11.6 Å². The van der Waals surface area contributed by atoms with Crippen molar-refractivity contribution in [2.24, 2.45) is 0 Å². The highest BCUT2D eigenvalue weighted by Gasteiger charge is 2.09. The van der Waals surface area contributed by atoms with Crippen LogP contribution in [0.5, 0.6) is 0 Å². The van der Waals surface area contributed by atoms with Gasteiger partial charge in [0.1, 0.15) is 0 Å². The number of hydrogen-bond donors (Lipinski definition) is 2. The number of anilines is 2. The van der Waals surface area contributed by atoms with Gasteiger partial charge in [-0.3, -0.25) is 9.78 Å². The van der Waals surface area contributed by atoms with Gasteiger partial charge in [-0.25, -0.2) is 0 Å². The Balaban J connectivity index is 1.60. The van der Waals surface area contributed by atoms with Crippen molar-refractivity contribution in [1.29, 1.82) is 0 Å². The number of benzene rings is 1. The fourth-order valence-corrected chi connectivity index (χ4v) is 3.26. The Morgan fingerprint density at radius 3 is 2.92 bits per heavy atom. The summed E-state index contributed by atoms with van der Waals surface area (Å²) in [6, 6.07) is 7.48. The minimum atomic E-state index is -0.0969. The van der Waals surface area contributed by atoms with Crippen molar-refractivity contribution >= 4 is 28.9 Å². The van der Waals surface area contributed by atoms with Crippen LogP contribution in [0.15, 0.2) is 48.3 Å². The lowest BCUT2D eigenvalue weighted by atomic mass is 9.97. The van der Waals surface area contributed by atoms with E-state index in [-0.39, 0.29) is 5.91 Å². The van der Waals surface area contributed by atoms with E-state index in [9.17, 15) is 4.79 Å². The first-order valence-corrected chi connectivity index (χ1v) is 9.44. The van der Waals surface area contributed by atoms with Crippen molar-refractivity contribution in [1.82, 2.24) is 10.3 Å². The number of aromatic nitrogens is 1. The average molecular weight is 370 g/mol. The maximum atomic E-state index is 12.4. The first kappa shape index (κ1) is 18.5. The molecule has 0 spiro atoms. The number of carbonyl (C=O) groups excluding carboxylic acids is 1. The van der Waals surface area contributed by atoms with E-state index < -0.39 is 0 Å². The third kappa shape index (κ3) is 5.09. The van der Waals surface area contributed by atoms with Gasteiger partial charge in [0.05, 0.1) is 17.4 Å². The van der Waals surface area contributed by atoms with E-state index in [0.29, 0.717) is 17.1 Å². The topological polar surface area (TPSA) is 54.0 Å². The maximum absolute atomic E-state index is 12.4. The van der Waals surface area contributed by atoms with Crippen LogP contribution in [0.2, 0.25) is 5.02 Å². The van der Waals surface area contributed by atoms with Crippen molar-refractivity contribution in [2.45, 2.75) is 39.0 Å². The smallest absolute Gasteiger partial charge is 0.252 e. The Morgan fingerprint density at radius 1 is 1.23 bits per heavy atom. The predicted molar refractivity (Wildman–Crippen MR) is 107 cm³/mol. The van der Waals surface area contributed by atoms with E-state index in [1.165, 1.54) is 24.8 Å². The molecular formula is C21H24ClN3O. The number of nitrogens with zero attached hydrogens (tertiary/aromatic N) is 1. The molecule has 0 atom stereocenters. The lowest BCUT2D eigenvalue weighted by molar-refractivity contribution is 0.0953. The average Bonchev–Trinajstić information content (AvgIpc) is 2.66. The third-order valence-electron chi connectivity index (χ3n) is 4.60. The second kappa shape index (κ2) is 8.86. The van der Waals surface area contributed by atoms with Crippen LogP contribution in [0.4, 0.5) is 11.4 Å². The fraction of sp³-hybridized carbons (Fsp3) is 0.333. The molecule has 0 bridgehead atoms. The summed E-state index contributed by atoms with van der Waals surface area (Å²) in [5.74, 6) is -0.0969. The van der Waals surface area contributed by atoms with E-state index in [1.807, 2.05) is 31.2 Å². The number of aryl methyl sites for hydroxylation is 1. The summed E-state index contributed by atoms with van der Waals surface area (Å²) in [4.78, 5) is 16.6. The highest BCUT2D eigenvalue weighted by atomic mass is 35.5. The molecule has 1 aromatic heterocycles. The molecule has 0 saturated heterocycles. The second-order valence-corrected chi connectivity index (χ2v) is 7.10. The number of amides is 1. The summed E-state index contributed by atoms with van der Waals surface area (Å²) in [6.07, 6.45) is 11.4. The van der Waals surface area contributed by atoms with Crippen LogP contribution in [0.25, 0.3) is 0 Å². The summed E-state index contributed by atoms with van der Waals surface area (Å²) in [5.41, 5.74) is 4.75. The molecule has 3 rings (SSSR count). The molecule has 0 unspecified atom stereocenters. The number of carbonyl (C=O) groups is 1. The quantitative estimate of drug-likeness (QED) is 0.669. The van der Waals surface area contributed by atoms with E-state index >= 15 is 0 Å². The monoisotopic (exact) mass is 369 g/mol. The van der Waals surface area contributed by atoms with Gasteiger partial charge in [0.2, 0.25) is 0 Å². The van der Waals surface area contributed by atoms with Gasteiger partial charge in [0.15, 0.2) is 0 Å². The van der Waals surface area contributed by atoms with Crippen LogP contribution in [-0.4, -0.2) is 17.4 Å². The number of allylic oxidation sites excluding steroid dienone is 1. The Bertz CT molecular complexity index is 817. The molecule has 0 aliphatic heterocycles. The number of hydrogen-bond acceptors (Lipinski definition) is 3. The maximum Gasteiger partial charge on any atom is 0.252 e. The Morgan fingerprint density at radius 2 is 2.12 bits per heavy atom. The second-order valence-electron chi connectivity index (χ2n) is 6.66. The van der Waals surface area contributed by atoms with Crippen molar-refractivity contribution in [3.63, 3.8) is 0 Å². The lowest BCUT2D eigenvalue weighted by Gasteiger charge is -2.13. The molecule has 2 aromatic rings. The molecule has 1 aromatic carbocycles. The Kier molecular flexibility index (Phi) is 6.29. The van der Waals surface area contributed by atoms with Gasteiger partial charge in [-0.1, -0.05) is 29.3 Å². The molecule has 4 nitrogen and oxygen atoms in total. The van der Waals surface area contributed by atoms with Crippen molar-refractivity contribution in [3.8, 4) is 0 Å². The van der Waals surface area contributed by atoms with Gasteiger partial charge < -0.3 is 10.6 Å². The molecule has 1 aliphatic rings. The summed E-state index contributed by atoms with van der Waals surface area (Å²) >= 11 is 6.06. The number of halogens is 1. The van der Waals surface area contributed by atoms with Gasteiger partial charge in [0.25, 0.3) is 5.91 Å². The zero-order valence-corrected chi connectivity index (χ0v) is 15.8. The lowest BCUT2D eigenvalue weighted by Crippen LogP contribution is -2.25. The predicted octanol–water partition coefficient (Wildman–Crippen LogP) is 5.41. The normalized spacial score (nSPS) is 13.8. The van der Waals surface area contributed by atoms with Gasteiger partial charge in [-0.05, 0) is 62.8 Å². The van der Waals surface area contributed by atoms with Crippen molar-refractivity contribution in [2.75, 3.05) is 11.9 Å².